The number of H-pyrrole nitrogens is 1. The molecule has 3 aromatic heterocycles. The molecule has 0 radical (unpaired) electrons. The molecule has 0 atom stereocenters. The number of fused-ring (bicyclic) bond motifs is 1. The number of aromatic nitrogens is 5. The lowest BCUT2D eigenvalue weighted by molar-refractivity contribution is 0.972. The molecule has 0 amide bonds. The fourth-order valence-electron chi connectivity index (χ4n) is 2.70. The van der Waals surface area contributed by atoms with Crippen LogP contribution in [0.5, 0.6) is 0 Å². The van der Waals surface area contributed by atoms with Crippen LogP contribution in [0, 0.1) is 6.92 Å². The van der Waals surface area contributed by atoms with E-state index >= 15 is 0 Å². The second-order valence-electron chi connectivity index (χ2n) is 6.01. The summed E-state index contributed by atoms with van der Waals surface area (Å²) in [4.78, 5) is 9.21. The molecule has 4 aromatic rings. The van der Waals surface area contributed by atoms with Gasteiger partial charge in [0.05, 0.1) is 5.69 Å². The first kappa shape index (κ1) is 15.9. The van der Waals surface area contributed by atoms with Gasteiger partial charge in [-0.05, 0) is 30.5 Å². The van der Waals surface area contributed by atoms with Crippen molar-refractivity contribution in [3.8, 4) is 11.4 Å². The molecule has 6 heteroatoms. The topological polar surface area (TPSA) is 58.9 Å². The van der Waals surface area contributed by atoms with Crippen LogP contribution in [0.3, 0.4) is 0 Å². The third-order valence-corrected chi connectivity index (χ3v) is 4.98. The van der Waals surface area contributed by atoms with E-state index in [2.05, 4.69) is 81.1 Å². The van der Waals surface area contributed by atoms with Crippen LogP contribution in [0.4, 0.5) is 0 Å². The van der Waals surface area contributed by atoms with Gasteiger partial charge < -0.3 is 4.40 Å². The number of benzene rings is 1. The van der Waals surface area contributed by atoms with Gasteiger partial charge in [-0.15, -0.1) is 5.10 Å². The van der Waals surface area contributed by atoms with Crippen molar-refractivity contribution in [2.45, 2.75) is 31.2 Å². The Kier molecular flexibility index (Phi) is 4.28. The zero-order valence-corrected chi connectivity index (χ0v) is 15.0. The number of rotatable bonds is 5. The number of imidazole rings is 1. The van der Waals surface area contributed by atoms with Gasteiger partial charge in [0.15, 0.2) is 5.82 Å². The Hall–Kier alpha value is -2.60. The molecule has 3 heterocycles. The van der Waals surface area contributed by atoms with Crippen LogP contribution in [-0.4, -0.2) is 24.6 Å². The Morgan fingerprint density at radius 2 is 1.88 bits per heavy atom. The van der Waals surface area contributed by atoms with Crippen molar-refractivity contribution in [3.63, 3.8) is 0 Å². The Labute approximate surface area is 150 Å². The molecule has 0 saturated carbocycles. The lowest BCUT2D eigenvalue weighted by Gasteiger charge is -1.98. The Morgan fingerprint density at radius 3 is 2.68 bits per heavy atom. The van der Waals surface area contributed by atoms with Crippen molar-refractivity contribution >= 4 is 17.4 Å². The molecule has 0 unspecified atom stereocenters. The summed E-state index contributed by atoms with van der Waals surface area (Å²) in [5.41, 5.74) is 5.58. The summed E-state index contributed by atoms with van der Waals surface area (Å²) in [6.07, 6.45) is 5.18. The highest BCUT2D eigenvalue weighted by molar-refractivity contribution is 7.98. The Balaban J connectivity index is 1.46. The van der Waals surface area contributed by atoms with Gasteiger partial charge in [-0.25, -0.2) is 9.97 Å². The molecular weight excluding hydrogens is 330 g/mol. The molecule has 0 bridgehead atoms. The minimum atomic E-state index is 0.739. The molecular formula is C19H19N5S. The van der Waals surface area contributed by atoms with Crippen LogP contribution in [-0.2, 0) is 12.2 Å². The van der Waals surface area contributed by atoms with E-state index in [4.69, 9.17) is 0 Å². The SMILES string of the molecule is CCc1ccc(-c2nc(SCc3cn4cc(C)ccc4n3)n[nH]2)cc1. The van der Waals surface area contributed by atoms with Gasteiger partial charge in [-0.3, -0.25) is 5.10 Å². The molecule has 1 aromatic carbocycles. The maximum absolute atomic E-state index is 4.63. The number of thioether (sulfide) groups is 1. The van der Waals surface area contributed by atoms with Gasteiger partial charge in [0.1, 0.15) is 5.65 Å². The summed E-state index contributed by atoms with van der Waals surface area (Å²) < 4.78 is 2.06. The molecule has 25 heavy (non-hydrogen) atoms. The standard InChI is InChI=1S/C19H19N5S/c1-3-14-5-7-15(8-6-14)18-21-19(23-22-18)25-12-16-11-24-10-13(2)4-9-17(24)20-16/h4-11H,3,12H2,1-2H3,(H,21,22,23). The largest absolute Gasteiger partial charge is 0.307 e. The fraction of sp³-hybridized carbons (Fsp3) is 0.211. The van der Waals surface area contributed by atoms with Crippen LogP contribution in [0.25, 0.3) is 17.0 Å². The molecule has 5 nitrogen and oxygen atoms in total. The number of hydrogen-bond donors (Lipinski definition) is 1. The van der Waals surface area contributed by atoms with Crippen LogP contribution in [0.2, 0.25) is 0 Å². The van der Waals surface area contributed by atoms with E-state index in [0.29, 0.717) is 0 Å². The van der Waals surface area contributed by atoms with Gasteiger partial charge in [0, 0.05) is 23.7 Å². The quantitative estimate of drug-likeness (QED) is 0.546. The second kappa shape index (κ2) is 6.72. The maximum Gasteiger partial charge on any atom is 0.209 e. The highest BCUT2D eigenvalue weighted by Crippen LogP contribution is 2.22. The van der Waals surface area contributed by atoms with E-state index < -0.39 is 0 Å². The monoisotopic (exact) mass is 349 g/mol. The van der Waals surface area contributed by atoms with Crippen molar-refractivity contribution < 1.29 is 0 Å². The van der Waals surface area contributed by atoms with Crippen molar-refractivity contribution in [1.82, 2.24) is 24.6 Å². The average Bonchev–Trinajstić information content (AvgIpc) is 3.26. The summed E-state index contributed by atoms with van der Waals surface area (Å²) in [6, 6.07) is 12.5. The average molecular weight is 349 g/mol. The second-order valence-corrected chi connectivity index (χ2v) is 6.95. The van der Waals surface area contributed by atoms with Gasteiger partial charge in [0.2, 0.25) is 5.16 Å². The van der Waals surface area contributed by atoms with Crippen LogP contribution in [0.1, 0.15) is 23.7 Å². The van der Waals surface area contributed by atoms with Crippen LogP contribution < -0.4 is 0 Å². The number of aryl methyl sites for hydroxylation is 2. The number of nitrogens with zero attached hydrogens (tertiary/aromatic N) is 4. The van der Waals surface area contributed by atoms with Crippen LogP contribution >= 0.6 is 11.8 Å². The van der Waals surface area contributed by atoms with Crippen molar-refractivity contribution in [1.29, 1.82) is 0 Å². The summed E-state index contributed by atoms with van der Waals surface area (Å²) in [6.45, 7) is 4.23. The molecule has 4 rings (SSSR count). The van der Waals surface area contributed by atoms with E-state index in [1.807, 2.05) is 6.07 Å². The predicted octanol–water partition coefficient (Wildman–Crippen LogP) is 4.28. The molecule has 0 aliphatic heterocycles. The van der Waals surface area contributed by atoms with E-state index in [9.17, 15) is 0 Å². The highest BCUT2D eigenvalue weighted by Gasteiger charge is 2.08. The molecule has 0 aliphatic carbocycles. The molecule has 126 valence electrons. The molecule has 0 aliphatic rings. The minimum absolute atomic E-state index is 0.739. The first-order valence-electron chi connectivity index (χ1n) is 8.30. The summed E-state index contributed by atoms with van der Waals surface area (Å²) >= 11 is 1.59. The number of nitrogens with one attached hydrogen (secondary N) is 1. The number of hydrogen-bond acceptors (Lipinski definition) is 4. The van der Waals surface area contributed by atoms with Gasteiger partial charge in [0.25, 0.3) is 0 Å². The number of pyridine rings is 1. The Bertz CT molecular complexity index is 1000. The molecule has 0 spiro atoms. The smallest absolute Gasteiger partial charge is 0.209 e. The van der Waals surface area contributed by atoms with Crippen LogP contribution in [0.15, 0.2) is 53.9 Å². The van der Waals surface area contributed by atoms with Gasteiger partial charge >= 0.3 is 0 Å². The Morgan fingerprint density at radius 1 is 1.04 bits per heavy atom. The fourth-order valence-corrected chi connectivity index (χ4v) is 3.38. The summed E-state index contributed by atoms with van der Waals surface area (Å²) in [5, 5.41) is 8.07. The molecule has 1 N–H and O–H groups in total. The molecule has 0 fully saturated rings. The van der Waals surface area contributed by atoms with Crippen molar-refractivity contribution in [2.75, 3.05) is 0 Å². The third-order valence-electron chi connectivity index (χ3n) is 4.10. The first-order valence-corrected chi connectivity index (χ1v) is 9.28. The van der Waals surface area contributed by atoms with E-state index in [1.165, 1.54) is 11.1 Å². The normalized spacial score (nSPS) is 11.3. The molecule has 0 saturated heterocycles. The third kappa shape index (κ3) is 3.44. The highest BCUT2D eigenvalue weighted by atomic mass is 32.2. The van der Waals surface area contributed by atoms with E-state index in [-0.39, 0.29) is 0 Å². The van der Waals surface area contributed by atoms with Crippen molar-refractivity contribution in [3.05, 3.63) is 65.6 Å². The number of aromatic amines is 1. The van der Waals surface area contributed by atoms with E-state index in [1.54, 1.807) is 11.8 Å². The maximum atomic E-state index is 4.63. The minimum Gasteiger partial charge on any atom is -0.307 e. The summed E-state index contributed by atoms with van der Waals surface area (Å²) in [5.74, 6) is 1.54. The lowest BCUT2D eigenvalue weighted by atomic mass is 10.1. The van der Waals surface area contributed by atoms with E-state index in [0.717, 1.165) is 40.1 Å². The zero-order valence-electron chi connectivity index (χ0n) is 14.2. The van der Waals surface area contributed by atoms with Gasteiger partial charge in [-0.2, -0.15) is 0 Å². The summed E-state index contributed by atoms with van der Waals surface area (Å²) in [7, 11) is 0. The lowest BCUT2D eigenvalue weighted by Crippen LogP contribution is -1.83. The first-order chi connectivity index (χ1) is 12.2. The zero-order chi connectivity index (χ0) is 17.2. The van der Waals surface area contributed by atoms with Gasteiger partial charge in [-0.1, -0.05) is 49.0 Å². The predicted molar refractivity (Wildman–Crippen MR) is 101 cm³/mol. The van der Waals surface area contributed by atoms with Crippen molar-refractivity contribution in [2.24, 2.45) is 0 Å².